The zero-order chi connectivity index (χ0) is 15.4. The van der Waals surface area contributed by atoms with Crippen LogP contribution in [-0.2, 0) is 23.1 Å². The molecule has 5 nitrogen and oxygen atoms in total. The van der Waals surface area contributed by atoms with Gasteiger partial charge >= 0.3 is 15.3 Å². The third kappa shape index (κ3) is 8.47. The standard InChI is InChI=1S/C14H27O5Si/c1-6-8-9-10-13(19-14(15)12(3)4)20(16-5)18-11-17-7-2/h13H,3,6-11H2,1-2,4-5H3. The van der Waals surface area contributed by atoms with Gasteiger partial charge in [0.2, 0.25) is 0 Å². The molecule has 1 atom stereocenters. The molecule has 0 aliphatic carbocycles. The van der Waals surface area contributed by atoms with Gasteiger partial charge in [-0.05, 0) is 26.7 Å². The molecular formula is C14H27O5Si. The summed E-state index contributed by atoms with van der Waals surface area (Å²) in [6, 6.07) is 0. The zero-order valence-corrected chi connectivity index (χ0v) is 14.1. The van der Waals surface area contributed by atoms with Crippen LogP contribution in [0.15, 0.2) is 12.2 Å². The first-order valence-electron chi connectivity index (χ1n) is 7.04. The molecule has 0 N–H and O–H groups in total. The topological polar surface area (TPSA) is 54.0 Å². The van der Waals surface area contributed by atoms with Gasteiger partial charge in [-0.2, -0.15) is 0 Å². The van der Waals surface area contributed by atoms with Crippen molar-refractivity contribution in [2.24, 2.45) is 0 Å². The second kappa shape index (κ2) is 12.1. The van der Waals surface area contributed by atoms with Crippen molar-refractivity contribution in [3.05, 3.63) is 12.2 Å². The van der Waals surface area contributed by atoms with E-state index in [1.165, 1.54) is 0 Å². The Kier molecular flexibility index (Phi) is 11.7. The lowest BCUT2D eigenvalue weighted by atomic mass is 10.2. The molecule has 0 saturated carbocycles. The number of carbonyl (C=O) groups excluding carboxylic acids is 1. The number of unbranched alkanes of at least 4 members (excludes halogenated alkanes) is 2. The summed E-state index contributed by atoms with van der Waals surface area (Å²) in [5.41, 5.74) is 0.0361. The number of esters is 1. The number of ether oxygens (including phenoxy) is 2. The van der Waals surface area contributed by atoms with Crippen molar-refractivity contribution in [3.8, 4) is 0 Å². The van der Waals surface area contributed by atoms with Gasteiger partial charge in [0.1, 0.15) is 12.5 Å². The van der Waals surface area contributed by atoms with E-state index in [0.29, 0.717) is 12.2 Å². The maximum absolute atomic E-state index is 11.7. The summed E-state index contributed by atoms with van der Waals surface area (Å²) in [6.07, 6.45) is 3.91. The van der Waals surface area contributed by atoms with Gasteiger partial charge in [-0.25, -0.2) is 4.79 Å². The Balaban J connectivity index is 4.50. The molecule has 1 radical (unpaired) electrons. The quantitative estimate of drug-likeness (QED) is 0.182. The molecule has 0 aromatic heterocycles. The fraction of sp³-hybridized carbons (Fsp3) is 0.786. The van der Waals surface area contributed by atoms with E-state index in [1.807, 2.05) is 6.92 Å². The van der Waals surface area contributed by atoms with E-state index < -0.39 is 15.3 Å². The molecule has 0 saturated heterocycles. The fourth-order valence-electron chi connectivity index (χ4n) is 1.50. The van der Waals surface area contributed by atoms with Crippen molar-refractivity contribution in [1.29, 1.82) is 0 Å². The Morgan fingerprint density at radius 2 is 2.00 bits per heavy atom. The van der Waals surface area contributed by atoms with Gasteiger partial charge in [-0.3, -0.25) is 0 Å². The summed E-state index contributed by atoms with van der Waals surface area (Å²) in [6.45, 7) is 9.98. The molecule has 0 aromatic rings. The van der Waals surface area contributed by atoms with Crippen LogP contribution in [0.25, 0.3) is 0 Å². The van der Waals surface area contributed by atoms with Crippen LogP contribution in [-0.4, -0.2) is 41.5 Å². The zero-order valence-electron chi connectivity index (χ0n) is 13.1. The maximum Gasteiger partial charge on any atom is 0.431 e. The van der Waals surface area contributed by atoms with Crippen molar-refractivity contribution >= 4 is 15.3 Å². The Hall–Kier alpha value is -0.693. The van der Waals surface area contributed by atoms with E-state index in [-0.39, 0.29) is 12.5 Å². The molecule has 0 bridgehead atoms. The van der Waals surface area contributed by atoms with Crippen molar-refractivity contribution in [3.63, 3.8) is 0 Å². The van der Waals surface area contributed by atoms with Gasteiger partial charge in [0.25, 0.3) is 0 Å². The second-order valence-corrected chi connectivity index (χ2v) is 6.43. The average molecular weight is 303 g/mol. The number of hydrogen-bond acceptors (Lipinski definition) is 5. The highest BCUT2D eigenvalue weighted by Crippen LogP contribution is 2.13. The first-order valence-corrected chi connectivity index (χ1v) is 8.44. The van der Waals surface area contributed by atoms with Crippen molar-refractivity contribution in [2.45, 2.75) is 52.2 Å². The summed E-state index contributed by atoms with van der Waals surface area (Å²) in [7, 11) is -0.142. The van der Waals surface area contributed by atoms with Gasteiger partial charge in [0.15, 0.2) is 0 Å². The lowest BCUT2D eigenvalue weighted by molar-refractivity contribution is -0.142. The lowest BCUT2D eigenvalue weighted by Gasteiger charge is -2.23. The molecule has 0 aliphatic heterocycles. The summed E-state index contributed by atoms with van der Waals surface area (Å²) < 4.78 is 21.5. The first-order chi connectivity index (χ1) is 9.56. The molecule has 6 heteroatoms. The summed E-state index contributed by atoms with van der Waals surface area (Å²) in [5.74, 6) is -0.397. The van der Waals surface area contributed by atoms with Gasteiger partial charge < -0.3 is 18.3 Å². The smallest absolute Gasteiger partial charge is 0.431 e. The van der Waals surface area contributed by atoms with Gasteiger partial charge in [0.05, 0.1) is 0 Å². The summed E-state index contributed by atoms with van der Waals surface area (Å²) in [4.78, 5) is 11.7. The van der Waals surface area contributed by atoms with Gasteiger partial charge in [-0.15, -0.1) is 0 Å². The van der Waals surface area contributed by atoms with Crippen LogP contribution < -0.4 is 0 Å². The lowest BCUT2D eigenvalue weighted by Crippen LogP contribution is -2.40. The van der Waals surface area contributed by atoms with Crippen LogP contribution in [0.5, 0.6) is 0 Å². The fourth-order valence-corrected chi connectivity index (χ4v) is 2.91. The monoisotopic (exact) mass is 303 g/mol. The molecule has 117 valence electrons. The van der Waals surface area contributed by atoms with Crippen LogP contribution >= 0.6 is 0 Å². The Morgan fingerprint density at radius 1 is 1.30 bits per heavy atom. The molecule has 0 rings (SSSR count). The van der Waals surface area contributed by atoms with E-state index in [9.17, 15) is 4.79 Å². The van der Waals surface area contributed by atoms with Gasteiger partial charge in [-0.1, -0.05) is 26.3 Å². The molecule has 1 unspecified atom stereocenters. The molecule has 0 aromatic carbocycles. The van der Waals surface area contributed by atoms with Crippen LogP contribution in [0.4, 0.5) is 0 Å². The third-order valence-corrected chi connectivity index (χ3v) is 4.36. The predicted octanol–water partition coefficient (Wildman–Crippen LogP) is 2.74. The Morgan fingerprint density at radius 3 is 2.50 bits per heavy atom. The minimum absolute atomic E-state index is 0.160. The van der Waals surface area contributed by atoms with Crippen LogP contribution in [0.2, 0.25) is 0 Å². The Bertz CT molecular complexity index is 283. The van der Waals surface area contributed by atoms with E-state index in [0.717, 1.165) is 25.7 Å². The molecule has 0 amide bonds. The summed E-state index contributed by atoms with van der Waals surface area (Å²) >= 11 is 0. The van der Waals surface area contributed by atoms with E-state index in [2.05, 4.69) is 13.5 Å². The highest BCUT2D eigenvalue weighted by molar-refractivity contribution is 6.46. The number of hydrogen-bond donors (Lipinski definition) is 0. The largest absolute Gasteiger partial charge is 0.457 e. The van der Waals surface area contributed by atoms with Gasteiger partial charge in [0, 0.05) is 19.3 Å². The molecule has 20 heavy (non-hydrogen) atoms. The van der Waals surface area contributed by atoms with E-state index in [1.54, 1.807) is 14.0 Å². The summed E-state index contributed by atoms with van der Waals surface area (Å²) in [5, 5.41) is 0. The SMILES string of the molecule is C=C(C)C(=O)OC(CCCCC)[Si](OC)OCOCC. The van der Waals surface area contributed by atoms with Crippen LogP contribution in [0.3, 0.4) is 0 Å². The first kappa shape index (κ1) is 19.3. The molecular weight excluding hydrogens is 276 g/mol. The molecule has 0 aliphatic rings. The average Bonchev–Trinajstić information content (AvgIpc) is 2.42. The Labute approximate surface area is 124 Å². The van der Waals surface area contributed by atoms with Crippen molar-refractivity contribution < 1.29 is 23.1 Å². The number of carbonyl (C=O) groups is 1. The second-order valence-electron chi connectivity index (χ2n) is 4.45. The van der Waals surface area contributed by atoms with E-state index in [4.69, 9.17) is 18.3 Å². The highest BCUT2D eigenvalue weighted by Gasteiger charge is 2.31. The maximum atomic E-state index is 11.7. The minimum Gasteiger partial charge on any atom is -0.457 e. The van der Waals surface area contributed by atoms with Crippen LogP contribution in [0.1, 0.15) is 46.5 Å². The normalized spacial score (nSPS) is 12.4. The molecule has 0 spiro atoms. The van der Waals surface area contributed by atoms with E-state index >= 15 is 0 Å². The predicted molar refractivity (Wildman–Crippen MR) is 79.2 cm³/mol. The highest BCUT2D eigenvalue weighted by atomic mass is 28.3. The third-order valence-electron chi connectivity index (χ3n) is 2.62. The molecule has 0 heterocycles. The minimum atomic E-state index is -1.71. The molecule has 0 fully saturated rings. The van der Waals surface area contributed by atoms with Crippen LogP contribution in [0, 0.1) is 0 Å². The van der Waals surface area contributed by atoms with Crippen molar-refractivity contribution in [2.75, 3.05) is 20.5 Å². The van der Waals surface area contributed by atoms with Crippen molar-refractivity contribution in [1.82, 2.24) is 0 Å². The number of rotatable bonds is 12.